The van der Waals surface area contributed by atoms with Crippen LogP contribution in [0.5, 0.6) is 0 Å². The number of nitrogens with two attached hydrogens (primary N) is 1. The van der Waals surface area contributed by atoms with Crippen LogP contribution in [0.4, 0.5) is 5.82 Å². The fourth-order valence-electron chi connectivity index (χ4n) is 2.25. The van der Waals surface area contributed by atoms with Crippen molar-refractivity contribution in [1.29, 1.82) is 0 Å². The van der Waals surface area contributed by atoms with Crippen LogP contribution >= 0.6 is 0 Å². The second-order valence-corrected chi connectivity index (χ2v) is 4.93. The maximum atomic E-state index is 6.02. The zero-order valence-electron chi connectivity index (χ0n) is 9.51. The molecule has 0 amide bonds. The molecule has 3 heterocycles. The van der Waals surface area contributed by atoms with Gasteiger partial charge in [-0.1, -0.05) is 0 Å². The molecule has 0 saturated carbocycles. The minimum absolute atomic E-state index is 0.0728. The minimum Gasteiger partial charge on any atom is -0.353 e. The molecule has 1 saturated heterocycles. The zero-order valence-corrected chi connectivity index (χ0v) is 9.51. The number of rotatable bonds is 1. The first-order valence-electron chi connectivity index (χ1n) is 5.39. The van der Waals surface area contributed by atoms with Gasteiger partial charge in [0.15, 0.2) is 5.65 Å². The highest BCUT2D eigenvalue weighted by Crippen LogP contribution is 2.26. The molecule has 1 aliphatic rings. The molecule has 16 heavy (non-hydrogen) atoms. The molecule has 5 heteroatoms. The summed E-state index contributed by atoms with van der Waals surface area (Å²) in [5.41, 5.74) is 8.03. The third-order valence-electron chi connectivity index (χ3n) is 2.93. The summed E-state index contributed by atoms with van der Waals surface area (Å²) in [6.07, 6.45) is 1.58. The van der Waals surface area contributed by atoms with Crippen LogP contribution in [0.15, 0.2) is 18.5 Å². The average Bonchev–Trinajstić information content (AvgIpc) is 2.60. The molecule has 84 valence electrons. The highest BCUT2D eigenvalue weighted by Gasteiger charge is 2.36. The first-order valence-corrected chi connectivity index (χ1v) is 5.39. The third kappa shape index (κ3) is 1.36. The van der Waals surface area contributed by atoms with Crippen LogP contribution in [0.25, 0.3) is 5.65 Å². The molecular weight excluding hydrogens is 202 g/mol. The Morgan fingerprint density at radius 3 is 2.81 bits per heavy atom. The predicted octanol–water partition coefficient (Wildman–Crippen LogP) is 0.575. The Morgan fingerprint density at radius 1 is 1.38 bits per heavy atom. The number of aryl methyl sites for hydroxylation is 1. The standard InChI is InChI=1S/C11H15N5/c1-8-3-9-13-7-14-16(9)10(4-8)15-5-11(2,12)6-15/h3-4,7H,5-6,12H2,1-2H3. The summed E-state index contributed by atoms with van der Waals surface area (Å²) in [5, 5.41) is 4.23. The molecule has 2 aromatic rings. The maximum Gasteiger partial charge on any atom is 0.157 e. The Labute approximate surface area is 93.9 Å². The van der Waals surface area contributed by atoms with Crippen molar-refractivity contribution in [3.05, 3.63) is 24.0 Å². The van der Waals surface area contributed by atoms with Gasteiger partial charge in [0.05, 0.1) is 0 Å². The van der Waals surface area contributed by atoms with Gasteiger partial charge >= 0.3 is 0 Å². The monoisotopic (exact) mass is 217 g/mol. The first-order chi connectivity index (χ1) is 7.55. The molecule has 5 nitrogen and oxygen atoms in total. The zero-order chi connectivity index (χ0) is 11.3. The van der Waals surface area contributed by atoms with Gasteiger partial charge in [0.25, 0.3) is 0 Å². The van der Waals surface area contributed by atoms with Crippen LogP contribution in [0.1, 0.15) is 12.5 Å². The van der Waals surface area contributed by atoms with E-state index in [-0.39, 0.29) is 5.54 Å². The van der Waals surface area contributed by atoms with E-state index in [0.29, 0.717) is 0 Å². The van der Waals surface area contributed by atoms with Gasteiger partial charge in [0.2, 0.25) is 0 Å². The van der Waals surface area contributed by atoms with Crippen molar-refractivity contribution in [2.75, 3.05) is 18.0 Å². The van der Waals surface area contributed by atoms with Crippen molar-refractivity contribution in [3.63, 3.8) is 0 Å². The number of aromatic nitrogens is 3. The molecule has 0 radical (unpaired) electrons. The van der Waals surface area contributed by atoms with E-state index >= 15 is 0 Å². The van der Waals surface area contributed by atoms with Gasteiger partial charge in [-0.15, -0.1) is 0 Å². The molecule has 0 unspecified atom stereocenters. The highest BCUT2D eigenvalue weighted by molar-refractivity contribution is 5.55. The normalized spacial score (nSPS) is 18.8. The lowest BCUT2D eigenvalue weighted by Gasteiger charge is -2.46. The van der Waals surface area contributed by atoms with Crippen molar-refractivity contribution in [2.24, 2.45) is 5.73 Å². The molecule has 1 fully saturated rings. The maximum absolute atomic E-state index is 6.02. The summed E-state index contributed by atoms with van der Waals surface area (Å²) in [4.78, 5) is 6.44. The first kappa shape index (κ1) is 9.59. The lowest BCUT2D eigenvalue weighted by Crippen LogP contribution is -2.66. The van der Waals surface area contributed by atoms with E-state index in [9.17, 15) is 0 Å². The van der Waals surface area contributed by atoms with Gasteiger partial charge in [0.1, 0.15) is 12.1 Å². The molecule has 0 spiro atoms. The van der Waals surface area contributed by atoms with E-state index in [4.69, 9.17) is 5.73 Å². The van der Waals surface area contributed by atoms with Gasteiger partial charge in [0, 0.05) is 18.6 Å². The number of fused-ring (bicyclic) bond motifs is 1. The summed E-state index contributed by atoms with van der Waals surface area (Å²) in [6.45, 7) is 5.87. The van der Waals surface area contributed by atoms with Gasteiger partial charge < -0.3 is 10.6 Å². The molecule has 3 rings (SSSR count). The number of pyridine rings is 1. The molecule has 0 bridgehead atoms. The van der Waals surface area contributed by atoms with Gasteiger partial charge in [-0.2, -0.15) is 9.61 Å². The lowest BCUT2D eigenvalue weighted by atomic mass is 9.94. The minimum atomic E-state index is -0.0728. The average molecular weight is 217 g/mol. The van der Waals surface area contributed by atoms with E-state index in [2.05, 4.69) is 34.9 Å². The summed E-state index contributed by atoms with van der Waals surface area (Å²) < 4.78 is 1.86. The largest absolute Gasteiger partial charge is 0.353 e. The van der Waals surface area contributed by atoms with E-state index in [1.54, 1.807) is 6.33 Å². The van der Waals surface area contributed by atoms with Crippen LogP contribution in [-0.2, 0) is 0 Å². The second-order valence-electron chi connectivity index (χ2n) is 4.93. The molecule has 2 aromatic heterocycles. The molecule has 0 atom stereocenters. The Bertz CT molecular complexity index is 534. The number of hydrogen-bond donors (Lipinski definition) is 1. The van der Waals surface area contributed by atoms with Crippen molar-refractivity contribution in [2.45, 2.75) is 19.4 Å². The summed E-state index contributed by atoms with van der Waals surface area (Å²) >= 11 is 0. The SMILES string of the molecule is Cc1cc(N2CC(C)(N)C2)n2ncnc2c1. The fraction of sp³-hybridized carbons (Fsp3) is 0.455. The smallest absolute Gasteiger partial charge is 0.157 e. The van der Waals surface area contributed by atoms with E-state index < -0.39 is 0 Å². The van der Waals surface area contributed by atoms with Gasteiger partial charge in [-0.25, -0.2) is 4.98 Å². The third-order valence-corrected chi connectivity index (χ3v) is 2.93. The van der Waals surface area contributed by atoms with E-state index in [1.807, 2.05) is 10.6 Å². The van der Waals surface area contributed by atoms with Gasteiger partial charge in [-0.3, -0.25) is 0 Å². The Hall–Kier alpha value is -1.62. The lowest BCUT2D eigenvalue weighted by molar-refractivity contribution is 0.361. The molecule has 2 N–H and O–H groups in total. The van der Waals surface area contributed by atoms with Crippen LogP contribution in [-0.4, -0.2) is 33.2 Å². The van der Waals surface area contributed by atoms with Crippen LogP contribution in [0, 0.1) is 6.92 Å². The molecule has 0 aromatic carbocycles. The molecule has 1 aliphatic heterocycles. The quantitative estimate of drug-likeness (QED) is 0.759. The summed E-state index contributed by atoms with van der Waals surface area (Å²) in [5.74, 6) is 1.08. The van der Waals surface area contributed by atoms with E-state index in [0.717, 1.165) is 24.6 Å². The van der Waals surface area contributed by atoms with Crippen molar-refractivity contribution < 1.29 is 0 Å². The Morgan fingerprint density at radius 2 is 2.12 bits per heavy atom. The Balaban J connectivity index is 2.06. The van der Waals surface area contributed by atoms with E-state index in [1.165, 1.54) is 5.56 Å². The molecule has 0 aliphatic carbocycles. The van der Waals surface area contributed by atoms with Gasteiger partial charge in [-0.05, 0) is 31.5 Å². The van der Waals surface area contributed by atoms with Crippen LogP contribution < -0.4 is 10.6 Å². The van der Waals surface area contributed by atoms with Crippen molar-refractivity contribution in [1.82, 2.24) is 14.6 Å². The van der Waals surface area contributed by atoms with Crippen LogP contribution in [0.3, 0.4) is 0 Å². The van der Waals surface area contributed by atoms with Crippen molar-refractivity contribution >= 4 is 11.5 Å². The Kier molecular flexibility index (Phi) is 1.77. The number of anilines is 1. The number of hydrogen-bond acceptors (Lipinski definition) is 4. The number of nitrogens with zero attached hydrogens (tertiary/aromatic N) is 4. The summed E-state index contributed by atoms with van der Waals surface area (Å²) in [6, 6.07) is 4.15. The topological polar surface area (TPSA) is 59.5 Å². The highest BCUT2D eigenvalue weighted by atomic mass is 15.4. The van der Waals surface area contributed by atoms with Crippen LogP contribution in [0.2, 0.25) is 0 Å². The predicted molar refractivity (Wildman–Crippen MR) is 62.5 cm³/mol. The molecular formula is C11H15N5. The second kappa shape index (κ2) is 2.95. The summed E-state index contributed by atoms with van der Waals surface area (Å²) in [7, 11) is 0. The van der Waals surface area contributed by atoms with Crippen molar-refractivity contribution in [3.8, 4) is 0 Å². The fourth-order valence-corrected chi connectivity index (χ4v) is 2.25.